The van der Waals surface area contributed by atoms with Crippen LogP contribution in [-0.2, 0) is 27.2 Å². The Morgan fingerprint density at radius 3 is 2.44 bits per heavy atom. The van der Waals surface area contributed by atoms with Crippen LogP contribution in [0.3, 0.4) is 0 Å². The standard InChI is InChI=1S/C38H39N3O5S2/c1-4-31(36(44)41-37-33(38(45)46-5-2)29-19-9-10-20-32(29)48-37)47-28-18-12-17-27(23-28)39-35(43)30(22-25-14-11-13-24(3)21-25)40-34(42)26-15-7-6-8-16-26/h6-8,11-18,21-23,31H,4-5,9-10,19-20H2,1-3H3,(H,39,43)(H,40,42)(H,41,44)/b30-22+. The van der Waals surface area contributed by atoms with Gasteiger partial charge in [0.15, 0.2) is 0 Å². The van der Waals surface area contributed by atoms with E-state index < -0.39 is 23.0 Å². The van der Waals surface area contributed by atoms with Crippen molar-refractivity contribution in [2.75, 3.05) is 17.2 Å². The SMILES string of the molecule is CCOC(=O)c1c(NC(=O)C(CC)Sc2cccc(NC(=O)/C(=C\c3cccc(C)c3)NC(=O)c3ccccc3)c2)sc2c1CCCC2. The topological polar surface area (TPSA) is 114 Å². The molecule has 3 aromatic carbocycles. The summed E-state index contributed by atoms with van der Waals surface area (Å²) in [6.07, 6.45) is 5.95. The van der Waals surface area contributed by atoms with Gasteiger partial charge in [-0.15, -0.1) is 23.1 Å². The zero-order chi connectivity index (χ0) is 34.0. The van der Waals surface area contributed by atoms with Crippen LogP contribution in [0.15, 0.2) is 89.5 Å². The number of fused-ring (bicyclic) bond motifs is 1. The normalized spacial score (nSPS) is 13.2. The van der Waals surface area contributed by atoms with Crippen molar-refractivity contribution < 1.29 is 23.9 Å². The number of hydrogen-bond donors (Lipinski definition) is 3. The van der Waals surface area contributed by atoms with Crippen molar-refractivity contribution in [1.29, 1.82) is 0 Å². The van der Waals surface area contributed by atoms with E-state index in [-0.39, 0.29) is 18.2 Å². The number of amides is 3. The van der Waals surface area contributed by atoms with Gasteiger partial charge in [0.1, 0.15) is 10.7 Å². The van der Waals surface area contributed by atoms with Gasteiger partial charge in [0.2, 0.25) is 5.91 Å². The summed E-state index contributed by atoms with van der Waals surface area (Å²) in [6.45, 7) is 5.93. The molecule has 3 amide bonds. The van der Waals surface area contributed by atoms with Gasteiger partial charge in [-0.25, -0.2) is 4.79 Å². The number of thiophene rings is 1. The number of benzene rings is 3. The number of hydrogen-bond acceptors (Lipinski definition) is 7. The summed E-state index contributed by atoms with van der Waals surface area (Å²) in [6, 6.07) is 23.6. The first-order chi connectivity index (χ1) is 23.2. The van der Waals surface area contributed by atoms with Crippen LogP contribution in [0.5, 0.6) is 0 Å². The summed E-state index contributed by atoms with van der Waals surface area (Å²) < 4.78 is 5.35. The summed E-state index contributed by atoms with van der Waals surface area (Å²) in [5.41, 5.74) is 4.32. The summed E-state index contributed by atoms with van der Waals surface area (Å²) >= 11 is 2.85. The van der Waals surface area contributed by atoms with Crippen LogP contribution in [0.25, 0.3) is 6.08 Å². The molecule has 0 aliphatic heterocycles. The lowest BCUT2D eigenvalue weighted by Crippen LogP contribution is -2.30. The van der Waals surface area contributed by atoms with Crippen molar-refractivity contribution in [1.82, 2.24) is 5.32 Å². The molecule has 1 aliphatic carbocycles. The highest BCUT2D eigenvalue weighted by Gasteiger charge is 2.29. The quantitative estimate of drug-likeness (QED) is 0.0793. The van der Waals surface area contributed by atoms with Crippen molar-refractivity contribution in [2.45, 2.75) is 63.0 Å². The summed E-state index contributed by atoms with van der Waals surface area (Å²) in [5.74, 6) is -1.48. The van der Waals surface area contributed by atoms with Crippen molar-refractivity contribution >= 4 is 63.6 Å². The van der Waals surface area contributed by atoms with Gasteiger partial charge in [-0.2, -0.15) is 0 Å². The minimum absolute atomic E-state index is 0.0920. The zero-order valence-corrected chi connectivity index (χ0v) is 28.9. The maximum Gasteiger partial charge on any atom is 0.341 e. The fraction of sp³-hybridized carbons (Fsp3) is 0.263. The number of rotatable bonds is 12. The minimum Gasteiger partial charge on any atom is -0.462 e. The second-order valence-corrected chi connectivity index (χ2v) is 13.8. The largest absolute Gasteiger partial charge is 0.462 e. The lowest BCUT2D eigenvalue weighted by Gasteiger charge is -2.16. The molecule has 1 aromatic heterocycles. The Labute approximate surface area is 289 Å². The number of nitrogens with one attached hydrogen (secondary N) is 3. The molecule has 4 aromatic rings. The Morgan fingerprint density at radius 1 is 0.917 bits per heavy atom. The second-order valence-electron chi connectivity index (χ2n) is 11.4. The number of carbonyl (C=O) groups is 4. The van der Waals surface area contributed by atoms with Crippen molar-refractivity contribution in [3.8, 4) is 0 Å². The fourth-order valence-electron chi connectivity index (χ4n) is 5.47. The van der Waals surface area contributed by atoms with E-state index >= 15 is 0 Å². The third-order valence-corrected chi connectivity index (χ3v) is 10.4. The predicted octanol–water partition coefficient (Wildman–Crippen LogP) is 8.03. The average Bonchev–Trinajstić information content (AvgIpc) is 3.45. The number of ether oxygens (including phenoxy) is 1. The molecule has 0 radical (unpaired) electrons. The third-order valence-electron chi connectivity index (χ3n) is 7.80. The summed E-state index contributed by atoms with van der Waals surface area (Å²) in [4.78, 5) is 55.0. The van der Waals surface area contributed by atoms with Crippen LogP contribution in [0, 0.1) is 6.92 Å². The van der Waals surface area contributed by atoms with E-state index in [1.807, 2.05) is 50.2 Å². The summed E-state index contributed by atoms with van der Waals surface area (Å²) in [7, 11) is 0. The lowest BCUT2D eigenvalue weighted by molar-refractivity contribution is -0.116. The fourth-order valence-corrected chi connectivity index (χ4v) is 7.76. The van der Waals surface area contributed by atoms with Crippen LogP contribution >= 0.6 is 23.1 Å². The van der Waals surface area contributed by atoms with Gasteiger partial charge in [-0.05, 0) is 93.5 Å². The molecule has 0 saturated carbocycles. The zero-order valence-electron chi connectivity index (χ0n) is 27.3. The minimum atomic E-state index is -0.485. The van der Waals surface area contributed by atoms with E-state index in [4.69, 9.17) is 4.74 Å². The van der Waals surface area contributed by atoms with Crippen LogP contribution < -0.4 is 16.0 Å². The molecule has 0 fully saturated rings. The highest BCUT2D eigenvalue weighted by Crippen LogP contribution is 2.39. The van der Waals surface area contributed by atoms with E-state index in [0.717, 1.165) is 52.1 Å². The first-order valence-electron chi connectivity index (χ1n) is 16.1. The molecule has 0 saturated heterocycles. The van der Waals surface area contributed by atoms with Gasteiger partial charge >= 0.3 is 5.97 Å². The maximum atomic E-state index is 13.6. The second kappa shape index (κ2) is 16.4. The van der Waals surface area contributed by atoms with Crippen LogP contribution in [0.2, 0.25) is 0 Å². The molecule has 8 nitrogen and oxygen atoms in total. The van der Waals surface area contributed by atoms with Gasteiger partial charge in [0.25, 0.3) is 11.8 Å². The molecule has 1 atom stereocenters. The van der Waals surface area contributed by atoms with Crippen molar-refractivity contribution in [2.24, 2.45) is 0 Å². The van der Waals surface area contributed by atoms with E-state index in [0.29, 0.717) is 28.2 Å². The van der Waals surface area contributed by atoms with Crippen LogP contribution in [-0.4, -0.2) is 35.5 Å². The number of esters is 1. The van der Waals surface area contributed by atoms with E-state index in [9.17, 15) is 19.2 Å². The van der Waals surface area contributed by atoms with Gasteiger partial charge in [0.05, 0.1) is 17.4 Å². The molecule has 48 heavy (non-hydrogen) atoms. The van der Waals surface area contributed by atoms with Crippen LogP contribution in [0.4, 0.5) is 10.7 Å². The van der Waals surface area contributed by atoms with Crippen molar-refractivity contribution in [3.63, 3.8) is 0 Å². The Hall–Kier alpha value is -4.67. The average molecular weight is 682 g/mol. The Morgan fingerprint density at radius 2 is 1.69 bits per heavy atom. The highest BCUT2D eigenvalue weighted by molar-refractivity contribution is 8.00. The van der Waals surface area contributed by atoms with Gasteiger partial charge in [-0.1, -0.05) is 61.0 Å². The molecule has 1 unspecified atom stereocenters. The van der Waals surface area contributed by atoms with Gasteiger partial charge < -0.3 is 20.7 Å². The third kappa shape index (κ3) is 8.81. The molecule has 248 valence electrons. The Bertz CT molecular complexity index is 1830. The Balaban J connectivity index is 1.31. The number of carbonyl (C=O) groups excluding carboxylic acids is 4. The molecule has 0 spiro atoms. The number of thioether (sulfide) groups is 1. The molecule has 1 aliphatic rings. The van der Waals surface area contributed by atoms with E-state index in [2.05, 4.69) is 16.0 Å². The van der Waals surface area contributed by atoms with Crippen LogP contribution in [0.1, 0.15) is 75.4 Å². The van der Waals surface area contributed by atoms with E-state index in [1.54, 1.807) is 55.5 Å². The highest BCUT2D eigenvalue weighted by atomic mass is 32.2. The monoisotopic (exact) mass is 681 g/mol. The van der Waals surface area contributed by atoms with Gasteiger partial charge in [-0.3, -0.25) is 14.4 Å². The lowest BCUT2D eigenvalue weighted by atomic mass is 9.95. The number of anilines is 2. The molecular weight excluding hydrogens is 643 g/mol. The molecule has 5 rings (SSSR count). The molecule has 1 heterocycles. The molecular formula is C38H39N3O5S2. The molecule has 0 bridgehead atoms. The first-order valence-corrected chi connectivity index (χ1v) is 17.8. The maximum absolute atomic E-state index is 13.6. The number of aryl methyl sites for hydroxylation is 2. The van der Waals surface area contributed by atoms with E-state index in [1.165, 1.54) is 23.1 Å². The predicted molar refractivity (Wildman–Crippen MR) is 194 cm³/mol. The molecule has 10 heteroatoms. The summed E-state index contributed by atoms with van der Waals surface area (Å²) in [5, 5.41) is 8.82. The first kappa shape index (κ1) is 34.7. The van der Waals surface area contributed by atoms with Crippen molar-refractivity contribution in [3.05, 3.63) is 117 Å². The van der Waals surface area contributed by atoms with Gasteiger partial charge in [0, 0.05) is 21.0 Å². The smallest absolute Gasteiger partial charge is 0.341 e. The molecule has 3 N–H and O–H groups in total. The Kier molecular flexibility index (Phi) is 11.9.